The molecule has 0 aliphatic heterocycles. The Balaban J connectivity index is 1.65. The fourth-order valence-electron chi connectivity index (χ4n) is 3.44. The van der Waals surface area contributed by atoms with Crippen LogP contribution in [0.15, 0.2) is 89.3 Å². The predicted molar refractivity (Wildman–Crippen MR) is 124 cm³/mol. The van der Waals surface area contributed by atoms with Gasteiger partial charge < -0.3 is 0 Å². The third kappa shape index (κ3) is 3.71. The molecule has 5 aromatic rings. The zero-order valence-electron chi connectivity index (χ0n) is 16.6. The lowest BCUT2D eigenvalue weighted by atomic mass is 10.2. The van der Waals surface area contributed by atoms with E-state index in [0.29, 0.717) is 11.4 Å². The highest BCUT2D eigenvalue weighted by Crippen LogP contribution is 2.33. The first kappa shape index (κ1) is 19.5. The number of thiophene rings is 1. The van der Waals surface area contributed by atoms with Crippen LogP contribution < -0.4 is 4.72 Å². The van der Waals surface area contributed by atoms with Gasteiger partial charge in [-0.2, -0.15) is 5.10 Å². The lowest BCUT2D eigenvalue weighted by molar-refractivity contribution is 0.601. The fourth-order valence-corrected chi connectivity index (χ4v) is 5.44. The molecule has 31 heavy (non-hydrogen) atoms. The van der Waals surface area contributed by atoms with E-state index in [4.69, 9.17) is 0 Å². The number of benzene rings is 2. The first-order valence-corrected chi connectivity index (χ1v) is 12.0. The Labute approximate surface area is 183 Å². The van der Waals surface area contributed by atoms with Gasteiger partial charge in [0.2, 0.25) is 0 Å². The van der Waals surface area contributed by atoms with Gasteiger partial charge in [-0.3, -0.25) is 9.71 Å². The molecule has 0 aliphatic carbocycles. The van der Waals surface area contributed by atoms with Crippen molar-refractivity contribution in [1.29, 1.82) is 0 Å². The van der Waals surface area contributed by atoms with E-state index in [1.165, 1.54) is 11.3 Å². The van der Waals surface area contributed by atoms with Gasteiger partial charge in [0, 0.05) is 11.1 Å². The number of hydrogen-bond donors (Lipinski definition) is 1. The van der Waals surface area contributed by atoms with E-state index < -0.39 is 10.0 Å². The summed E-state index contributed by atoms with van der Waals surface area (Å²) < 4.78 is 31.4. The normalized spacial score (nSPS) is 11.6. The fraction of sp³-hybridized carbons (Fsp3) is 0.0435. The summed E-state index contributed by atoms with van der Waals surface area (Å²) in [5.74, 6) is 0. The van der Waals surface area contributed by atoms with Crippen molar-refractivity contribution in [3.05, 3.63) is 90.1 Å². The van der Waals surface area contributed by atoms with Crippen LogP contribution in [0.4, 0.5) is 5.69 Å². The number of sulfonamides is 1. The standard InChI is InChI=1S/C23H18N4O2S2/c1-16-14-20(18-10-5-6-11-19(18)24-16)26-31(28,29)22-15-27(17-8-3-2-4-9-17)25-23(22)21-12-7-13-30-21/h2-15H,1H3,(H,24,26). The number of hydrogen-bond acceptors (Lipinski definition) is 5. The maximum atomic E-state index is 13.5. The van der Waals surface area contributed by atoms with Gasteiger partial charge in [0.25, 0.3) is 10.0 Å². The van der Waals surface area contributed by atoms with Crippen LogP contribution in [-0.2, 0) is 10.0 Å². The smallest absolute Gasteiger partial charge is 0.265 e. The van der Waals surface area contributed by atoms with Gasteiger partial charge >= 0.3 is 0 Å². The number of aromatic nitrogens is 3. The minimum Gasteiger partial charge on any atom is -0.279 e. The first-order chi connectivity index (χ1) is 15.0. The molecular weight excluding hydrogens is 428 g/mol. The largest absolute Gasteiger partial charge is 0.279 e. The zero-order chi connectivity index (χ0) is 21.4. The molecule has 0 spiro atoms. The van der Waals surface area contributed by atoms with Crippen LogP contribution in [0, 0.1) is 6.92 Å². The van der Waals surface area contributed by atoms with Gasteiger partial charge in [-0.05, 0) is 42.6 Å². The number of nitrogens with one attached hydrogen (secondary N) is 1. The van der Waals surface area contributed by atoms with E-state index in [1.807, 2.05) is 79.0 Å². The topological polar surface area (TPSA) is 76.9 Å². The molecule has 3 heterocycles. The maximum Gasteiger partial charge on any atom is 0.265 e. The van der Waals surface area contributed by atoms with Crippen LogP contribution in [0.5, 0.6) is 0 Å². The molecule has 0 radical (unpaired) electrons. The average molecular weight is 447 g/mol. The molecule has 8 heteroatoms. The molecule has 0 atom stereocenters. The van der Waals surface area contributed by atoms with Crippen molar-refractivity contribution in [3.63, 3.8) is 0 Å². The number of anilines is 1. The minimum atomic E-state index is -3.92. The number of aryl methyl sites for hydroxylation is 1. The third-order valence-electron chi connectivity index (χ3n) is 4.83. The summed E-state index contributed by atoms with van der Waals surface area (Å²) in [4.78, 5) is 5.40. The molecule has 3 aromatic heterocycles. The summed E-state index contributed by atoms with van der Waals surface area (Å²) in [5.41, 5.74) is 3.16. The first-order valence-electron chi connectivity index (χ1n) is 9.59. The Bertz CT molecular complexity index is 1480. The Morgan fingerprint density at radius 1 is 0.968 bits per heavy atom. The van der Waals surface area contributed by atoms with E-state index in [2.05, 4.69) is 14.8 Å². The van der Waals surface area contributed by atoms with Crippen LogP contribution in [0.1, 0.15) is 5.69 Å². The summed E-state index contributed by atoms with van der Waals surface area (Å²) in [7, 11) is -3.92. The molecule has 0 unspecified atom stereocenters. The van der Waals surface area contributed by atoms with Crippen LogP contribution in [-0.4, -0.2) is 23.2 Å². The van der Waals surface area contributed by atoms with Crippen molar-refractivity contribution in [3.8, 4) is 16.3 Å². The second kappa shape index (κ2) is 7.64. The maximum absolute atomic E-state index is 13.5. The van der Waals surface area contributed by atoms with E-state index in [1.54, 1.807) is 16.9 Å². The van der Waals surface area contributed by atoms with Crippen LogP contribution in [0.2, 0.25) is 0 Å². The molecule has 0 bridgehead atoms. The lowest BCUT2D eigenvalue weighted by Gasteiger charge is -2.11. The minimum absolute atomic E-state index is 0.123. The van der Waals surface area contributed by atoms with E-state index in [0.717, 1.165) is 27.2 Å². The molecule has 0 aliphatic rings. The van der Waals surface area contributed by atoms with Gasteiger partial charge in [-0.15, -0.1) is 11.3 Å². The summed E-state index contributed by atoms with van der Waals surface area (Å²) in [5, 5.41) is 7.25. The molecule has 5 rings (SSSR count). The summed E-state index contributed by atoms with van der Waals surface area (Å²) in [6.07, 6.45) is 1.56. The molecule has 0 fully saturated rings. The Kier molecular flexibility index (Phi) is 4.80. The highest BCUT2D eigenvalue weighted by atomic mass is 32.2. The van der Waals surface area contributed by atoms with Crippen molar-refractivity contribution < 1.29 is 8.42 Å². The lowest BCUT2D eigenvalue weighted by Crippen LogP contribution is -2.14. The van der Waals surface area contributed by atoms with Crippen molar-refractivity contribution in [1.82, 2.24) is 14.8 Å². The van der Waals surface area contributed by atoms with E-state index in [9.17, 15) is 8.42 Å². The zero-order valence-corrected chi connectivity index (χ0v) is 18.2. The average Bonchev–Trinajstić information content (AvgIpc) is 3.44. The molecule has 0 saturated carbocycles. The predicted octanol–water partition coefficient (Wildman–Crippen LogP) is 5.26. The SMILES string of the molecule is Cc1cc(NS(=O)(=O)c2cn(-c3ccccc3)nc2-c2cccs2)c2ccccc2n1. The number of rotatable bonds is 5. The molecule has 154 valence electrons. The van der Waals surface area contributed by atoms with E-state index >= 15 is 0 Å². The molecule has 2 aromatic carbocycles. The van der Waals surface area contributed by atoms with Crippen LogP contribution in [0.25, 0.3) is 27.2 Å². The number of pyridine rings is 1. The van der Waals surface area contributed by atoms with Gasteiger partial charge in [0.15, 0.2) is 0 Å². The molecule has 0 saturated heterocycles. The Morgan fingerprint density at radius 2 is 1.74 bits per heavy atom. The second-order valence-corrected chi connectivity index (χ2v) is 9.63. The van der Waals surface area contributed by atoms with Gasteiger partial charge in [-0.1, -0.05) is 42.5 Å². The monoisotopic (exact) mass is 446 g/mol. The third-order valence-corrected chi connectivity index (χ3v) is 7.08. The number of nitrogens with zero attached hydrogens (tertiary/aromatic N) is 3. The van der Waals surface area contributed by atoms with Crippen molar-refractivity contribution >= 4 is 38.0 Å². The van der Waals surface area contributed by atoms with Crippen LogP contribution >= 0.6 is 11.3 Å². The summed E-state index contributed by atoms with van der Waals surface area (Å²) in [6, 6.07) is 22.4. The number of para-hydroxylation sites is 2. The van der Waals surface area contributed by atoms with Crippen molar-refractivity contribution in [2.24, 2.45) is 0 Å². The van der Waals surface area contributed by atoms with Crippen LogP contribution in [0.3, 0.4) is 0 Å². The number of fused-ring (bicyclic) bond motifs is 1. The Morgan fingerprint density at radius 3 is 2.52 bits per heavy atom. The van der Waals surface area contributed by atoms with E-state index in [-0.39, 0.29) is 4.90 Å². The molecule has 6 nitrogen and oxygen atoms in total. The highest BCUT2D eigenvalue weighted by molar-refractivity contribution is 7.92. The van der Waals surface area contributed by atoms with Gasteiger partial charge in [-0.25, -0.2) is 13.1 Å². The highest BCUT2D eigenvalue weighted by Gasteiger charge is 2.25. The second-order valence-electron chi connectivity index (χ2n) is 7.03. The molecule has 1 N–H and O–H groups in total. The van der Waals surface area contributed by atoms with Gasteiger partial charge in [0.05, 0.1) is 28.0 Å². The van der Waals surface area contributed by atoms with Crippen molar-refractivity contribution in [2.45, 2.75) is 11.8 Å². The van der Waals surface area contributed by atoms with Gasteiger partial charge in [0.1, 0.15) is 10.6 Å². The summed E-state index contributed by atoms with van der Waals surface area (Å²) in [6.45, 7) is 1.84. The quantitative estimate of drug-likeness (QED) is 0.400. The molecular formula is C23H18N4O2S2. The molecule has 0 amide bonds. The Hall–Kier alpha value is -3.49. The summed E-state index contributed by atoms with van der Waals surface area (Å²) >= 11 is 1.45. The van der Waals surface area contributed by atoms with Crippen molar-refractivity contribution in [2.75, 3.05) is 4.72 Å².